The van der Waals surface area contributed by atoms with Crippen LogP contribution in [0.2, 0.25) is 0 Å². The minimum atomic E-state index is -0.523. The van der Waals surface area contributed by atoms with Crippen LogP contribution in [0.3, 0.4) is 0 Å². The normalized spacial score (nSPS) is 12.5. The molecule has 0 bridgehead atoms. The van der Waals surface area contributed by atoms with E-state index < -0.39 is 5.38 Å². The van der Waals surface area contributed by atoms with Crippen LogP contribution < -0.4 is 5.73 Å². The van der Waals surface area contributed by atoms with Crippen LogP contribution in [0.25, 0.3) is 0 Å². The number of benzene rings is 1. The standard InChI is InChI=1S/C9H10ClNOS/c1-5(10)9(12)6-2-3-8(13)7(11)4-6/h2-5,13H,11H2,1H3. The van der Waals surface area contributed by atoms with Crippen molar-refractivity contribution in [3.8, 4) is 0 Å². The summed E-state index contributed by atoms with van der Waals surface area (Å²) in [6.45, 7) is 1.63. The molecule has 1 atom stereocenters. The lowest BCUT2D eigenvalue weighted by molar-refractivity contribution is 0.0991. The van der Waals surface area contributed by atoms with E-state index >= 15 is 0 Å². The molecule has 0 amide bonds. The summed E-state index contributed by atoms with van der Waals surface area (Å²) in [5, 5.41) is -0.523. The van der Waals surface area contributed by atoms with E-state index in [1.165, 1.54) is 0 Å². The van der Waals surface area contributed by atoms with Gasteiger partial charge in [-0.1, -0.05) is 6.07 Å². The lowest BCUT2D eigenvalue weighted by Gasteiger charge is -2.04. The monoisotopic (exact) mass is 215 g/mol. The van der Waals surface area contributed by atoms with Gasteiger partial charge in [0.1, 0.15) is 0 Å². The molecule has 1 rings (SSSR count). The highest BCUT2D eigenvalue weighted by Crippen LogP contribution is 2.19. The van der Waals surface area contributed by atoms with Crippen LogP contribution in [0.15, 0.2) is 23.1 Å². The molecule has 70 valence electrons. The van der Waals surface area contributed by atoms with Crippen LogP contribution in [-0.4, -0.2) is 11.2 Å². The third-order valence-electron chi connectivity index (χ3n) is 1.67. The van der Waals surface area contributed by atoms with Gasteiger partial charge < -0.3 is 5.73 Å². The van der Waals surface area contributed by atoms with Gasteiger partial charge in [-0.15, -0.1) is 24.2 Å². The predicted molar refractivity (Wildman–Crippen MR) is 57.8 cm³/mol. The van der Waals surface area contributed by atoms with Crippen molar-refractivity contribution >= 4 is 35.7 Å². The summed E-state index contributed by atoms with van der Waals surface area (Å²) in [6, 6.07) is 4.94. The van der Waals surface area contributed by atoms with E-state index in [2.05, 4.69) is 12.6 Å². The maximum atomic E-state index is 11.4. The number of hydrogen-bond donors (Lipinski definition) is 2. The number of carbonyl (C=O) groups is 1. The zero-order chi connectivity index (χ0) is 10.0. The molecule has 1 aromatic rings. The van der Waals surface area contributed by atoms with Crippen molar-refractivity contribution in [2.75, 3.05) is 5.73 Å². The predicted octanol–water partition coefficient (Wildman–Crippen LogP) is 2.37. The Balaban J connectivity index is 3.04. The third kappa shape index (κ3) is 2.39. The molecule has 2 nitrogen and oxygen atoms in total. The van der Waals surface area contributed by atoms with Gasteiger partial charge >= 0.3 is 0 Å². The number of nitrogen functional groups attached to an aromatic ring is 1. The molecule has 0 saturated heterocycles. The fourth-order valence-electron chi connectivity index (χ4n) is 0.937. The Morgan fingerprint density at radius 1 is 1.62 bits per heavy atom. The van der Waals surface area contributed by atoms with Gasteiger partial charge in [0.25, 0.3) is 0 Å². The zero-order valence-electron chi connectivity index (χ0n) is 7.12. The molecule has 0 fully saturated rings. The molecule has 1 aromatic carbocycles. The number of carbonyl (C=O) groups excluding carboxylic acids is 1. The maximum absolute atomic E-state index is 11.4. The molecule has 0 radical (unpaired) electrons. The van der Waals surface area contributed by atoms with E-state index in [9.17, 15) is 4.79 Å². The first kappa shape index (κ1) is 10.4. The molecular formula is C9H10ClNOS. The summed E-state index contributed by atoms with van der Waals surface area (Å²) in [6.07, 6.45) is 0. The zero-order valence-corrected chi connectivity index (χ0v) is 8.77. The average molecular weight is 216 g/mol. The number of hydrogen-bond acceptors (Lipinski definition) is 3. The summed E-state index contributed by atoms with van der Waals surface area (Å²) in [7, 11) is 0. The van der Waals surface area contributed by atoms with Gasteiger partial charge in [0.2, 0.25) is 0 Å². The quantitative estimate of drug-likeness (QED) is 0.344. The van der Waals surface area contributed by atoms with Gasteiger partial charge in [0, 0.05) is 16.1 Å². The molecule has 1 unspecified atom stereocenters. The maximum Gasteiger partial charge on any atom is 0.180 e. The van der Waals surface area contributed by atoms with Crippen LogP contribution in [-0.2, 0) is 0 Å². The lowest BCUT2D eigenvalue weighted by Crippen LogP contribution is -2.10. The number of thiol groups is 1. The van der Waals surface area contributed by atoms with Crippen molar-refractivity contribution in [1.29, 1.82) is 0 Å². The first-order valence-electron chi connectivity index (χ1n) is 3.79. The van der Waals surface area contributed by atoms with Gasteiger partial charge in [0.15, 0.2) is 5.78 Å². The molecule has 4 heteroatoms. The van der Waals surface area contributed by atoms with E-state index in [0.29, 0.717) is 16.1 Å². The van der Waals surface area contributed by atoms with Gasteiger partial charge in [-0.05, 0) is 19.1 Å². The number of Topliss-reactive ketones (excluding diaryl/α,β-unsaturated/α-hetero) is 1. The summed E-state index contributed by atoms with van der Waals surface area (Å²) in [5.74, 6) is -0.123. The number of ketones is 1. The van der Waals surface area contributed by atoms with Gasteiger partial charge in [0.05, 0.1) is 5.38 Å². The number of alkyl halides is 1. The van der Waals surface area contributed by atoms with Gasteiger partial charge in [-0.2, -0.15) is 0 Å². The summed E-state index contributed by atoms with van der Waals surface area (Å²) in [4.78, 5) is 12.1. The van der Waals surface area contributed by atoms with Crippen molar-refractivity contribution in [2.24, 2.45) is 0 Å². The third-order valence-corrected chi connectivity index (χ3v) is 2.28. The van der Waals surface area contributed by atoms with Crippen LogP contribution in [0.1, 0.15) is 17.3 Å². The number of rotatable bonds is 2. The second kappa shape index (κ2) is 4.03. The summed E-state index contributed by atoms with van der Waals surface area (Å²) in [5.41, 5.74) is 6.60. The Bertz CT molecular complexity index is 338. The minimum Gasteiger partial charge on any atom is -0.398 e. The Kier molecular flexibility index (Phi) is 3.22. The minimum absolute atomic E-state index is 0.123. The van der Waals surface area contributed by atoms with E-state index in [1.54, 1.807) is 25.1 Å². The van der Waals surface area contributed by atoms with Crippen molar-refractivity contribution in [2.45, 2.75) is 17.2 Å². The first-order valence-corrected chi connectivity index (χ1v) is 4.67. The molecule has 0 aliphatic rings. The highest BCUT2D eigenvalue weighted by Gasteiger charge is 2.12. The largest absolute Gasteiger partial charge is 0.398 e. The van der Waals surface area contributed by atoms with E-state index in [-0.39, 0.29) is 5.78 Å². The van der Waals surface area contributed by atoms with Crippen LogP contribution in [0.5, 0.6) is 0 Å². The molecule has 0 spiro atoms. The van der Waals surface area contributed by atoms with Crippen molar-refractivity contribution < 1.29 is 4.79 Å². The molecule has 0 aromatic heterocycles. The lowest BCUT2D eigenvalue weighted by atomic mass is 10.1. The van der Waals surface area contributed by atoms with Crippen molar-refractivity contribution in [1.82, 2.24) is 0 Å². The fraction of sp³-hybridized carbons (Fsp3) is 0.222. The van der Waals surface area contributed by atoms with Crippen molar-refractivity contribution in [3.63, 3.8) is 0 Å². The fourth-order valence-corrected chi connectivity index (χ4v) is 1.20. The molecule has 2 N–H and O–H groups in total. The number of halogens is 1. The summed E-state index contributed by atoms with van der Waals surface area (Å²) >= 11 is 9.74. The van der Waals surface area contributed by atoms with Crippen molar-refractivity contribution in [3.05, 3.63) is 23.8 Å². The smallest absolute Gasteiger partial charge is 0.180 e. The number of anilines is 1. The Hall–Kier alpha value is -0.670. The van der Waals surface area contributed by atoms with Gasteiger partial charge in [-0.25, -0.2) is 0 Å². The Morgan fingerprint density at radius 2 is 2.23 bits per heavy atom. The van der Waals surface area contributed by atoms with Crippen LogP contribution in [0.4, 0.5) is 5.69 Å². The van der Waals surface area contributed by atoms with Crippen LogP contribution in [0, 0.1) is 0 Å². The molecular weight excluding hydrogens is 206 g/mol. The highest BCUT2D eigenvalue weighted by molar-refractivity contribution is 7.80. The van der Waals surface area contributed by atoms with E-state index in [0.717, 1.165) is 0 Å². The molecule has 13 heavy (non-hydrogen) atoms. The molecule has 0 saturated carbocycles. The topological polar surface area (TPSA) is 43.1 Å². The second-order valence-corrected chi connectivity index (χ2v) is 3.89. The first-order chi connectivity index (χ1) is 6.02. The SMILES string of the molecule is CC(Cl)C(=O)c1ccc(S)c(N)c1. The molecule has 0 aliphatic heterocycles. The highest BCUT2D eigenvalue weighted by atomic mass is 35.5. The summed E-state index contributed by atoms with van der Waals surface area (Å²) < 4.78 is 0. The van der Waals surface area contributed by atoms with Gasteiger partial charge in [-0.3, -0.25) is 4.79 Å². The Labute approximate surface area is 87.5 Å². The van der Waals surface area contributed by atoms with Crippen LogP contribution >= 0.6 is 24.2 Å². The average Bonchev–Trinajstić information content (AvgIpc) is 2.08. The molecule has 0 heterocycles. The van der Waals surface area contributed by atoms with E-state index in [1.807, 2.05) is 0 Å². The van der Waals surface area contributed by atoms with E-state index in [4.69, 9.17) is 17.3 Å². The molecule has 0 aliphatic carbocycles. The second-order valence-electron chi connectivity index (χ2n) is 2.75. The Morgan fingerprint density at radius 3 is 2.69 bits per heavy atom. The number of nitrogens with two attached hydrogens (primary N) is 1.